The van der Waals surface area contributed by atoms with E-state index in [0.717, 1.165) is 44.9 Å². The quantitative estimate of drug-likeness (QED) is 0.313. The monoisotopic (exact) mass is 455 g/mol. The Bertz CT molecular complexity index is 875. The fourth-order valence-electron chi connectivity index (χ4n) is 8.21. The predicted molar refractivity (Wildman–Crippen MR) is 129 cm³/mol. The molecule has 5 heteroatoms. The van der Waals surface area contributed by atoms with Crippen LogP contribution in [0.5, 0.6) is 0 Å². The van der Waals surface area contributed by atoms with Gasteiger partial charge in [0.25, 0.3) is 0 Å². The van der Waals surface area contributed by atoms with Gasteiger partial charge in [0.1, 0.15) is 0 Å². The van der Waals surface area contributed by atoms with Crippen LogP contribution < -0.4 is 5.32 Å². The molecular formula is C28H41NO4. The first-order valence-electron chi connectivity index (χ1n) is 12.9. The molecule has 0 spiro atoms. The van der Waals surface area contributed by atoms with Crippen LogP contribution in [0.2, 0.25) is 0 Å². The highest BCUT2D eigenvalue weighted by molar-refractivity contribution is 6.29. The molecule has 0 aromatic rings. The Kier molecular flexibility index (Phi) is 6.39. The lowest BCUT2D eigenvalue weighted by atomic mass is 9.47. The van der Waals surface area contributed by atoms with E-state index < -0.39 is 22.9 Å². The molecule has 0 aromatic carbocycles. The molecule has 3 fully saturated rings. The molecule has 0 heterocycles. The van der Waals surface area contributed by atoms with Crippen molar-refractivity contribution in [2.75, 3.05) is 0 Å². The van der Waals surface area contributed by atoms with Gasteiger partial charge in [-0.15, -0.1) is 0 Å². The van der Waals surface area contributed by atoms with Gasteiger partial charge in [-0.25, -0.2) is 4.79 Å². The van der Waals surface area contributed by atoms with Crippen molar-refractivity contribution in [3.05, 3.63) is 23.8 Å². The molecule has 1 unspecified atom stereocenters. The van der Waals surface area contributed by atoms with Crippen molar-refractivity contribution in [2.45, 2.75) is 97.6 Å². The molecule has 0 aromatic heterocycles. The predicted octanol–water partition coefficient (Wildman–Crippen LogP) is 5.78. The lowest BCUT2D eigenvalue weighted by Crippen LogP contribution is -2.60. The minimum absolute atomic E-state index is 0.0526. The van der Waals surface area contributed by atoms with Crippen LogP contribution >= 0.6 is 0 Å². The molecule has 1 N–H and O–H groups in total. The van der Waals surface area contributed by atoms with Gasteiger partial charge in [0, 0.05) is 16.9 Å². The van der Waals surface area contributed by atoms with E-state index in [1.165, 1.54) is 0 Å². The second-order valence-electron chi connectivity index (χ2n) is 11.9. The Morgan fingerprint density at radius 3 is 2.58 bits per heavy atom. The highest BCUT2D eigenvalue weighted by Gasteiger charge is 2.68. The van der Waals surface area contributed by atoms with Crippen molar-refractivity contribution in [1.82, 2.24) is 5.32 Å². The molecule has 4 aliphatic carbocycles. The molecular weight excluding hydrogens is 414 g/mol. The Hall–Kier alpha value is -1.91. The second kappa shape index (κ2) is 8.70. The average molecular weight is 456 g/mol. The molecule has 0 saturated heterocycles. The van der Waals surface area contributed by atoms with Crippen LogP contribution in [-0.2, 0) is 14.3 Å². The van der Waals surface area contributed by atoms with Gasteiger partial charge in [-0.2, -0.15) is 0 Å². The minimum Gasteiger partial charge on any atom is -0.434 e. The summed E-state index contributed by atoms with van der Waals surface area (Å²) in [6.07, 6.45) is 14.0. The van der Waals surface area contributed by atoms with Gasteiger partial charge in [0.15, 0.2) is 11.9 Å². The summed E-state index contributed by atoms with van der Waals surface area (Å²) in [7, 11) is 0. The standard InChI is InChI=1S/C28H41NO4/c1-18(2)16-19(3)29-25(32)33-28(24(31)17-30)15-12-23-21-10-9-20-8-6-7-13-26(20,4)22(21)11-14-27(23,28)5/h7-8,13,17-19,21-23H,6,9-12,14-16H2,1-5H3,(H,29,32)/t19?,21-,22+,23+,26+,27+,28+/m1/s1. The van der Waals surface area contributed by atoms with Gasteiger partial charge in [-0.1, -0.05) is 51.5 Å². The zero-order valence-electron chi connectivity index (χ0n) is 21.0. The molecule has 3 saturated carbocycles. The Balaban J connectivity index is 1.61. The van der Waals surface area contributed by atoms with Crippen molar-refractivity contribution < 1.29 is 19.1 Å². The highest BCUT2D eigenvalue weighted by atomic mass is 16.6. The van der Waals surface area contributed by atoms with Crippen molar-refractivity contribution in [2.24, 2.45) is 34.5 Å². The number of amides is 1. The van der Waals surface area contributed by atoms with Gasteiger partial charge in [0.2, 0.25) is 5.78 Å². The first-order valence-corrected chi connectivity index (χ1v) is 12.9. The number of nitrogens with one attached hydrogen (secondary N) is 1. The van der Waals surface area contributed by atoms with E-state index in [4.69, 9.17) is 4.74 Å². The number of hydrogen-bond donors (Lipinski definition) is 1. The van der Waals surface area contributed by atoms with Crippen LogP contribution in [0.1, 0.15) is 86.0 Å². The summed E-state index contributed by atoms with van der Waals surface area (Å²) >= 11 is 0. The summed E-state index contributed by atoms with van der Waals surface area (Å²) in [5.41, 5.74) is -0.211. The zero-order chi connectivity index (χ0) is 24.0. The van der Waals surface area contributed by atoms with Crippen LogP contribution in [0, 0.1) is 34.5 Å². The largest absolute Gasteiger partial charge is 0.434 e. The average Bonchev–Trinajstić information content (AvgIpc) is 3.05. The fraction of sp³-hybridized carbons (Fsp3) is 0.750. The van der Waals surface area contributed by atoms with Gasteiger partial charge in [0.05, 0.1) is 0 Å². The number of ketones is 1. The molecule has 0 aliphatic heterocycles. The van der Waals surface area contributed by atoms with E-state index in [1.807, 2.05) is 6.92 Å². The third-order valence-electron chi connectivity index (χ3n) is 9.69. The zero-order valence-corrected chi connectivity index (χ0v) is 21.0. The number of alkyl carbamates (subject to hydrolysis) is 1. The fourth-order valence-corrected chi connectivity index (χ4v) is 8.21. The van der Waals surface area contributed by atoms with Crippen LogP contribution in [0.15, 0.2) is 23.8 Å². The maximum atomic E-state index is 13.2. The van der Waals surface area contributed by atoms with Gasteiger partial charge in [-0.3, -0.25) is 9.59 Å². The number of ether oxygens (including phenoxy) is 1. The Labute approximate surface area is 198 Å². The van der Waals surface area contributed by atoms with Gasteiger partial charge >= 0.3 is 6.09 Å². The number of Topliss-reactive ketones (excluding diaryl/α,β-unsaturated/α-hetero) is 1. The number of rotatable bonds is 6. The smallest absolute Gasteiger partial charge is 0.408 e. The first kappa shape index (κ1) is 24.2. The van der Waals surface area contributed by atoms with Crippen LogP contribution in [-0.4, -0.2) is 29.8 Å². The van der Waals surface area contributed by atoms with Crippen LogP contribution in [0.4, 0.5) is 4.79 Å². The van der Waals surface area contributed by atoms with Crippen molar-refractivity contribution in [3.8, 4) is 0 Å². The summed E-state index contributed by atoms with van der Waals surface area (Å²) in [4.78, 5) is 37.9. The summed E-state index contributed by atoms with van der Waals surface area (Å²) in [6.45, 7) is 10.7. The Morgan fingerprint density at radius 2 is 1.88 bits per heavy atom. The minimum atomic E-state index is -1.36. The van der Waals surface area contributed by atoms with Crippen molar-refractivity contribution >= 4 is 18.2 Å². The second-order valence-corrected chi connectivity index (χ2v) is 11.9. The maximum Gasteiger partial charge on any atom is 0.408 e. The molecule has 33 heavy (non-hydrogen) atoms. The first-order chi connectivity index (χ1) is 15.6. The highest BCUT2D eigenvalue weighted by Crippen LogP contribution is 2.67. The summed E-state index contributed by atoms with van der Waals surface area (Å²) in [5, 5.41) is 2.91. The normalized spacial score (nSPS) is 40.2. The van der Waals surface area contributed by atoms with Gasteiger partial charge < -0.3 is 10.1 Å². The van der Waals surface area contributed by atoms with E-state index in [-0.39, 0.29) is 17.4 Å². The molecule has 182 valence electrons. The van der Waals surface area contributed by atoms with Gasteiger partial charge in [-0.05, 0) is 82.0 Å². The molecule has 7 atom stereocenters. The maximum absolute atomic E-state index is 13.2. The number of carbonyl (C=O) groups excluding carboxylic acids is 3. The number of carbonyl (C=O) groups is 3. The third-order valence-corrected chi connectivity index (χ3v) is 9.69. The lowest BCUT2D eigenvalue weighted by Gasteiger charge is -2.58. The molecule has 5 nitrogen and oxygen atoms in total. The molecule has 4 aliphatic rings. The van der Waals surface area contributed by atoms with Crippen LogP contribution in [0.25, 0.3) is 0 Å². The van der Waals surface area contributed by atoms with E-state index in [1.54, 1.807) is 5.57 Å². The lowest BCUT2D eigenvalue weighted by molar-refractivity contribution is -0.162. The summed E-state index contributed by atoms with van der Waals surface area (Å²) in [6, 6.07) is -0.0526. The third kappa shape index (κ3) is 3.80. The number of hydrogen-bond acceptors (Lipinski definition) is 4. The number of aldehydes is 1. The van der Waals surface area contributed by atoms with Crippen LogP contribution in [0.3, 0.4) is 0 Å². The molecule has 0 bridgehead atoms. The van der Waals surface area contributed by atoms with E-state index in [2.05, 4.69) is 51.2 Å². The molecule has 1 amide bonds. The molecule has 4 rings (SSSR count). The summed E-state index contributed by atoms with van der Waals surface area (Å²) < 4.78 is 6.03. The van der Waals surface area contributed by atoms with E-state index in [9.17, 15) is 14.4 Å². The number of allylic oxidation sites excluding steroid dienone is 4. The van der Waals surface area contributed by atoms with E-state index in [0.29, 0.717) is 30.5 Å². The van der Waals surface area contributed by atoms with Crippen molar-refractivity contribution in [1.29, 1.82) is 0 Å². The Morgan fingerprint density at radius 1 is 1.15 bits per heavy atom. The van der Waals surface area contributed by atoms with E-state index >= 15 is 0 Å². The SMILES string of the molecule is CC(C)CC(C)NC(=O)O[C@]1(C(=O)C=O)CC[C@H]2[C@@H]3CCC4=CCC=C[C@]4(C)[C@H]3CC[C@@]21C. The topological polar surface area (TPSA) is 72.5 Å². The molecule has 0 radical (unpaired) electrons. The number of fused-ring (bicyclic) bond motifs is 5. The van der Waals surface area contributed by atoms with Crippen molar-refractivity contribution in [3.63, 3.8) is 0 Å². The summed E-state index contributed by atoms with van der Waals surface area (Å²) in [5.74, 6) is 1.15.